The lowest BCUT2D eigenvalue weighted by atomic mass is 10.2. The third kappa shape index (κ3) is 4.47. The maximum absolute atomic E-state index is 6.17. The number of rotatable bonds is 8. The lowest BCUT2D eigenvalue weighted by Crippen LogP contribution is -2.15. The molecule has 2 heterocycles. The summed E-state index contributed by atoms with van der Waals surface area (Å²) in [6.45, 7) is 8.60. The molecule has 0 saturated carbocycles. The summed E-state index contributed by atoms with van der Waals surface area (Å²) in [6, 6.07) is 0. The molecule has 22 heavy (non-hydrogen) atoms. The summed E-state index contributed by atoms with van der Waals surface area (Å²) in [4.78, 5) is 9.05. The molecule has 0 radical (unpaired) electrons. The number of nitrogens with two attached hydrogens (primary N) is 1. The first-order valence-corrected chi connectivity index (χ1v) is 8.27. The minimum absolute atomic E-state index is 0.0475. The molecular weight excluding hydrogens is 280 g/mol. The molecule has 2 rings (SSSR count). The van der Waals surface area contributed by atoms with Crippen molar-refractivity contribution in [3.8, 4) is 5.88 Å². The Bertz CT molecular complexity index is 473. The molecule has 1 atom stereocenters. The zero-order valence-corrected chi connectivity index (χ0v) is 13.9. The Balaban J connectivity index is 2.21. The topological polar surface area (TPSA) is 82.3 Å². The van der Waals surface area contributed by atoms with Gasteiger partial charge in [0.25, 0.3) is 0 Å². The number of anilines is 2. The highest BCUT2D eigenvalue weighted by Crippen LogP contribution is 2.32. The van der Waals surface area contributed by atoms with Gasteiger partial charge in [0.2, 0.25) is 5.88 Å². The minimum Gasteiger partial charge on any atom is -0.476 e. The van der Waals surface area contributed by atoms with Gasteiger partial charge in [-0.25, -0.2) is 4.98 Å². The molecule has 1 unspecified atom stereocenters. The number of unbranched alkanes of at least 4 members (excludes halogenated alkanes) is 1. The van der Waals surface area contributed by atoms with E-state index in [4.69, 9.17) is 15.2 Å². The minimum atomic E-state index is -0.0475. The van der Waals surface area contributed by atoms with Crippen LogP contribution in [0.4, 0.5) is 11.5 Å². The second kappa shape index (κ2) is 8.17. The van der Waals surface area contributed by atoms with E-state index in [1.54, 1.807) is 0 Å². The fourth-order valence-electron chi connectivity index (χ4n) is 2.25. The fraction of sp³-hybridized carbons (Fsp3) is 0.750. The summed E-state index contributed by atoms with van der Waals surface area (Å²) in [6.07, 6.45) is 3.99. The Labute approximate surface area is 132 Å². The zero-order chi connectivity index (χ0) is 15.9. The van der Waals surface area contributed by atoms with E-state index in [0.29, 0.717) is 35.7 Å². The molecule has 0 bridgehead atoms. The maximum atomic E-state index is 6.17. The lowest BCUT2D eigenvalue weighted by molar-refractivity contribution is 0.104. The van der Waals surface area contributed by atoms with Gasteiger partial charge in [-0.2, -0.15) is 4.98 Å². The number of hydrogen-bond acceptors (Lipinski definition) is 6. The molecule has 124 valence electrons. The van der Waals surface area contributed by atoms with Gasteiger partial charge in [0, 0.05) is 13.2 Å². The smallest absolute Gasteiger partial charge is 0.242 e. The van der Waals surface area contributed by atoms with Gasteiger partial charge in [-0.1, -0.05) is 27.2 Å². The molecule has 0 amide bonds. The normalized spacial score (nSPS) is 17.9. The second-order valence-electron chi connectivity index (χ2n) is 6.13. The SMILES string of the molecule is CCCCOc1nc(C2CCCO2)nc(NCC(C)C)c1N. The third-order valence-electron chi connectivity index (χ3n) is 3.56. The molecule has 1 aliphatic rings. The number of nitrogens with zero attached hydrogens (tertiary/aromatic N) is 2. The van der Waals surface area contributed by atoms with Crippen LogP contribution in [0.1, 0.15) is 58.4 Å². The van der Waals surface area contributed by atoms with E-state index in [-0.39, 0.29) is 6.10 Å². The largest absolute Gasteiger partial charge is 0.476 e. The Hall–Kier alpha value is -1.56. The Morgan fingerprint density at radius 1 is 1.41 bits per heavy atom. The maximum Gasteiger partial charge on any atom is 0.242 e. The molecule has 6 nitrogen and oxygen atoms in total. The molecule has 0 spiro atoms. The van der Waals surface area contributed by atoms with Crippen LogP contribution >= 0.6 is 0 Å². The predicted molar refractivity (Wildman–Crippen MR) is 88.1 cm³/mol. The van der Waals surface area contributed by atoms with Gasteiger partial charge < -0.3 is 20.5 Å². The fourth-order valence-corrected chi connectivity index (χ4v) is 2.25. The van der Waals surface area contributed by atoms with Crippen LogP contribution in [-0.2, 0) is 4.74 Å². The molecule has 1 aliphatic heterocycles. The summed E-state index contributed by atoms with van der Waals surface area (Å²) in [7, 11) is 0. The number of aromatic nitrogens is 2. The van der Waals surface area contributed by atoms with Gasteiger partial charge >= 0.3 is 0 Å². The van der Waals surface area contributed by atoms with Crippen LogP contribution in [0.5, 0.6) is 5.88 Å². The Kier molecular flexibility index (Phi) is 6.24. The molecule has 0 aromatic carbocycles. The first kappa shape index (κ1) is 16.8. The van der Waals surface area contributed by atoms with E-state index in [1.807, 2.05) is 0 Å². The van der Waals surface area contributed by atoms with Crippen LogP contribution in [0.2, 0.25) is 0 Å². The van der Waals surface area contributed by atoms with Crippen molar-refractivity contribution in [2.24, 2.45) is 5.92 Å². The lowest BCUT2D eigenvalue weighted by Gasteiger charge is -2.17. The summed E-state index contributed by atoms with van der Waals surface area (Å²) >= 11 is 0. The summed E-state index contributed by atoms with van der Waals surface area (Å²) in [5.41, 5.74) is 6.65. The van der Waals surface area contributed by atoms with Crippen LogP contribution in [0, 0.1) is 5.92 Å². The van der Waals surface area contributed by atoms with Gasteiger partial charge in [0.05, 0.1) is 6.61 Å². The summed E-state index contributed by atoms with van der Waals surface area (Å²) in [5, 5.41) is 3.30. The standard InChI is InChI=1S/C16H28N4O2/c1-4-5-8-22-16-13(17)15(18-10-11(2)3)19-14(20-16)12-7-6-9-21-12/h11-12H,4-10,17H2,1-3H3,(H,18,19,20). The van der Waals surface area contributed by atoms with E-state index in [1.165, 1.54) is 0 Å². The third-order valence-corrected chi connectivity index (χ3v) is 3.56. The summed E-state index contributed by atoms with van der Waals surface area (Å²) in [5.74, 6) is 2.30. The van der Waals surface area contributed by atoms with Crippen molar-refractivity contribution in [1.82, 2.24) is 9.97 Å². The van der Waals surface area contributed by atoms with Gasteiger partial charge in [-0.05, 0) is 25.2 Å². The van der Waals surface area contributed by atoms with E-state index < -0.39 is 0 Å². The van der Waals surface area contributed by atoms with Crippen molar-refractivity contribution in [1.29, 1.82) is 0 Å². The molecule has 6 heteroatoms. The van der Waals surface area contributed by atoms with E-state index in [2.05, 4.69) is 36.1 Å². The quantitative estimate of drug-likeness (QED) is 0.718. The predicted octanol–water partition coefficient (Wildman–Crippen LogP) is 3.16. The second-order valence-corrected chi connectivity index (χ2v) is 6.13. The van der Waals surface area contributed by atoms with Gasteiger partial charge in [0.15, 0.2) is 11.6 Å². The highest BCUT2D eigenvalue weighted by Gasteiger charge is 2.24. The first-order chi connectivity index (χ1) is 10.6. The van der Waals surface area contributed by atoms with Crippen LogP contribution in [0.25, 0.3) is 0 Å². The first-order valence-electron chi connectivity index (χ1n) is 8.27. The molecule has 1 aromatic heterocycles. The average molecular weight is 308 g/mol. The van der Waals surface area contributed by atoms with E-state index in [9.17, 15) is 0 Å². The van der Waals surface area contributed by atoms with Crippen LogP contribution in [0.15, 0.2) is 0 Å². The zero-order valence-electron chi connectivity index (χ0n) is 13.9. The van der Waals surface area contributed by atoms with Crippen molar-refractivity contribution in [3.63, 3.8) is 0 Å². The van der Waals surface area contributed by atoms with Crippen molar-refractivity contribution < 1.29 is 9.47 Å². The van der Waals surface area contributed by atoms with E-state index >= 15 is 0 Å². The molecule has 3 N–H and O–H groups in total. The van der Waals surface area contributed by atoms with Crippen molar-refractivity contribution in [3.05, 3.63) is 5.82 Å². The van der Waals surface area contributed by atoms with Gasteiger partial charge in [-0.15, -0.1) is 0 Å². The average Bonchev–Trinajstić information content (AvgIpc) is 3.02. The monoisotopic (exact) mass is 308 g/mol. The van der Waals surface area contributed by atoms with Crippen molar-refractivity contribution in [2.45, 2.75) is 52.6 Å². The molecule has 1 aromatic rings. The Morgan fingerprint density at radius 3 is 2.86 bits per heavy atom. The Morgan fingerprint density at radius 2 is 2.23 bits per heavy atom. The van der Waals surface area contributed by atoms with Crippen LogP contribution in [0.3, 0.4) is 0 Å². The van der Waals surface area contributed by atoms with Crippen LogP contribution < -0.4 is 15.8 Å². The highest BCUT2D eigenvalue weighted by atomic mass is 16.5. The number of ether oxygens (including phenoxy) is 2. The molecule has 1 fully saturated rings. The number of nitrogens with one attached hydrogen (secondary N) is 1. The van der Waals surface area contributed by atoms with Gasteiger partial charge in [-0.3, -0.25) is 0 Å². The van der Waals surface area contributed by atoms with E-state index in [0.717, 1.165) is 38.8 Å². The highest BCUT2D eigenvalue weighted by molar-refractivity contribution is 5.67. The summed E-state index contributed by atoms with van der Waals surface area (Å²) < 4.78 is 11.4. The van der Waals surface area contributed by atoms with Crippen molar-refractivity contribution >= 4 is 11.5 Å². The number of nitrogen functional groups attached to an aromatic ring is 1. The molecular formula is C16H28N4O2. The van der Waals surface area contributed by atoms with Crippen LogP contribution in [-0.4, -0.2) is 29.7 Å². The van der Waals surface area contributed by atoms with Gasteiger partial charge in [0.1, 0.15) is 11.8 Å². The molecule has 1 saturated heterocycles. The number of hydrogen-bond donors (Lipinski definition) is 2. The molecule has 0 aliphatic carbocycles. The van der Waals surface area contributed by atoms with Crippen molar-refractivity contribution in [2.75, 3.05) is 30.8 Å².